The van der Waals surface area contributed by atoms with Crippen molar-refractivity contribution in [3.8, 4) is 5.75 Å². The molecule has 0 aliphatic carbocycles. The van der Waals surface area contributed by atoms with E-state index in [1.54, 1.807) is 23.0 Å². The summed E-state index contributed by atoms with van der Waals surface area (Å²) in [6, 6.07) is 5.72. The smallest absolute Gasteiger partial charge is 0.124 e. The van der Waals surface area contributed by atoms with Crippen LogP contribution in [-0.2, 0) is 13.0 Å². The molecule has 2 aromatic rings. The van der Waals surface area contributed by atoms with Crippen LogP contribution in [0.2, 0.25) is 5.02 Å². The number of nitrogens with zero attached hydrogens (tertiary/aromatic N) is 1. The van der Waals surface area contributed by atoms with E-state index in [-0.39, 0.29) is 6.04 Å². The van der Waals surface area contributed by atoms with Crippen LogP contribution in [0, 0.1) is 0 Å². The Morgan fingerprint density at radius 1 is 1.50 bits per heavy atom. The van der Waals surface area contributed by atoms with E-state index in [9.17, 15) is 0 Å². The Kier molecular flexibility index (Phi) is 4.58. The van der Waals surface area contributed by atoms with Crippen LogP contribution in [0.3, 0.4) is 0 Å². The number of thiazole rings is 1. The molecule has 0 saturated heterocycles. The molecule has 0 saturated carbocycles. The van der Waals surface area contributed by atoms with Gasteiger partial charge in [-0.05, 0) is 25.5 Å². The van der Waals surface area contributed by atoms with Gasteiger partial charge in [0.25, 0.3) is 0 Å². The molecule has 0 spiro atoms. The highest BCUT2D eigenvalue weighted by molar-refractivity contribution is 7.09. The maximum Gasteiger partial charge on any atom is 0.124 e. The van der Waals surface area contributed by atoms with Crippen LogP contribution in [0.1, 0.15) is 17.4 Å². The van der Waals surface area contributed by atoms with Crippen molar-refractivity contribution in [2.24, 2.45) is 5.73 Å². The number of halogens is 1. The minimum atomic E-state index is 0.0515. The van der Waals surface area contributed by atoms with Crippen LogP contribution in [-0.4, -0.2) is 11.0 Å². The minimum absolute atomic E-state index is 0.0515. The number of benzene rings is 1. The lowest BCUT2D eigenvalue weighted by Crippen LogP contribution is -2.18. The highest BCUT2D eigenvalue weighted by atomic mass is 35.5. The summed E-state index contributed by atoms with van der Waals surface area (Å²) in [5, 5.41) is 0.703. The van der Waals surface area contributed by atoms with Gasteiger partial charge in [0.05, 0.1) is 10.4 Å². The Morgan fingerprint density at radius 2 is 2.33 bits per heavy atom. The lowest BCUT2D eigenvalue weighted by atomic mass is 10.1. The quantitative estimate of drug-likeness (QED) is 0.916. The molecule has 0 amide bonds. The van der Waals surface area contributed by atoms with Gasteiger partial charge in [-0.1, -0.05) is 17.7 Å². The summed E-state index contributed by atoms with van der Waals surface area (Å²) in [4.78, 5) is 5.10. The van der Waals surface area contributed by atoms with E-state index in [0.717, 1.165) is 16.2 Å². The second-order valence-electron chi connectivity index (χ2n) is 4.15. The molecule has 0 aliphatic rings. The molecule has 0 fully saturated rings. The first-order chi connectivity index (χ1) is 8.66. The summed E-state index contributed by atoms with van der Waals surface area (Å²) < 4.78 is 5.79. The van der Waals surface area contributed by atoms with Crippen molar-refractivity contribution < 1.29 is 4.74 Å². The predicted molar refractivity (Wildman–Crippen MR) is 75.3 cm³/mol. The summed E-state index contributed by atoms with van der Waals surface area (Å²) in [5.41, 5.74) is 8.59. The average Bonchev–Trinajstić information content (AvgIpc) is 2.82. The lowest BCUT2D eigenvalue weighted by molar-refractivity contribution is 0.305. The van der Waals surface area contributed by atoms with E-state index >= 15 is 0 Å². The molecule has 1 heterocycles. The first-order valence-electron chi connectivity index (χ1n) is 5.70. The molecule has 18 heavy (non-hydrogen) atoms. The Labute approximate surface area is 116 Å². The van der Waals surface area contributed by atoms with Gasteiger partial charge < -0.3 is 10.5 Å². The van der Waals surface area contributed by atoms with Gasteiger partial charge in [0, 0.05) is 22.8 Å². The maximum atomic E-state index is 6.19. The first-order valence-corrected chi connectivity index (χ1v) is 6.95. The summed E-state index contributed by atoms with van der Waals surface area (Å²) in [7, 11) is 0. The number of aromatic nitrogens is 1. The third-order valence-electron chi connectivity index (χ3n) is 2.46. The van der Waals surface area contributed by atoms with Crippen molar-refractivity contribution >= 4 is 22.9 Å². The standard InChI is InChI=1S/C13H15ClN2OS/c1-9(15)5-11-12(14)3-2-4-13(11)17-7-10-6-16-8-18-10/h2-4,6,8-9H,5,7,15H2,1H3. The fraction of sp³-hybridized carbons (Fsp3) is 0.308. The van der Waals surface area contributed by atoms with Gasteiger partial charge in [0.1, 0.15) is 12.4 Å². The molecule has 0 radical (unpaired) electrons. The van der Waals surface area contributed by atoms with Gasteiger partial charge in [0.15, 0.2) is 0 Å². The highest BCUT2D eigenvalue weighted by Gasteiger charge is 2.10. The van der Waals surface area contributed by atoms with Crippen LogP contribution >= 0.6 is 22.9 Å². The van der Waals surface area contributed by atoms with Crippen molar-refractivity contribution in [3.63, 3.8) is 0 Å². The molecule has 3 nitrogen and oxygen atoms in total. The van der Waals surface area contributed by atoms with Gasteiger partial charge in [0.2, 0.25) is 0 Å². The number of hydrogen-bond acceptors (Lipinski definition) is 4. The molecule has 0 bridgehead atoms. The molecule has 5 heteroatoms. The minimum Gasteiger partial charge on any atom is -0.488 e. The predicted octanol–water partition coefficient (Wildman–Crippen LogP) is 3.27. The van der Waals surface area contributed by atoms with Crippen LogP contribution < -0.4 is 10.5 Å². The maximum absolute atomic E-state index is 6.19. The Bertz CT molecular complexity index is 500. The molecule has 1 aromatic carbocycles. The molecule has 2 N–H and O–H groups in total. The Morgan fingerprint density at radius 3 is 3.00 bits per heavy atom. The van der Waals surface area contributed by atoms with Crippen molar-refractivity contribution in [2.45, 2.75) is 26.0 Å². The summed E-state index contributed by atoms with van der Waals surface area (Å²) in [6.45, 7) is 2.47. The van der Waals surface area contributed by atoms with Gasteiger partial charge in [-0.15, -0.1) is 11.3 Å². The second kappa shape index (κ2) is 6.18. The SMILES string of the molecule is CC(N)Cc1c(Cl)cccc1OCc1cncs1. The van der Waals surface area contributed by atoms with Crippen LogP contribution in [0.4, 0.5) is 0 Å². The molecule has 1 aromatic heterocycles. The first kappa shape index (κ1) is 13.3. The van der Waals surface area contributed by atoms with Gasteiger partial charge >= 0.3 is 0 Å². The van der Waals surface area contributed by atoms with E-state index < -0.39 is 0 Å². The zero-order chi connectivity index (χ0) is 13.0. The van der Waals surface area contributed by atoms with Crippen LogP contribution in [0.5, 0.6) is 5.75 Å². The third kappa shape index (κ3) is 3.45. The number of nitrogens with two attached hydrogens (primary N) is 1. The third-order valence-corrected chi connectivity index (χ3v) is 3.56. The monoisotopic (exact) mass is 282 g/mol. The zero-order valence-electron chi connectivity index (χ0n) is 10.1. The molecular weight excluding hydrogens is 268 g/mol. The van der Waals surface area contributed by atoms with Crippen molar-refractivity contribution in [1.29, 1.82) is 0 Å². The second-order valence-corrected chi connectivity index (χ2v) is 5.53. The fourth-order valence-electron chi connectivity index (χ4n) is 1.66. The van der Waals surface area contributed by atoms with Crippen LogP contribution in [0.25, 0.3) is 0 Å². The normalized spacial score (nSPS) is 12.4. The van der Waals surface area contributed by atoms with E-state index in [1.807, 2.05) is 25.1 Å². The number of hydrogen-bond donors (Lipinski definition) is 1. The number of ether oxygens (including phenoxy) is 1. The number of rotatable bonds is 5. The molecule has 1 atom stereocenters. The molecule has 1 unspecified atom stereocenters. The summed E-state index contributed by atoms with van der Waals surface area (Å²) in [5.74, 6) is 0.799. The topological polar surface area (TPSA) is 48.1 Å². The lowest BCUT2D eigenvalue weighted by Gasteiger charge is -2.14. The van der Waals surface area contributed by atoms with E-state index in [0.29, 0.717) is 18.1 Å². The van der Waals surface area contributed by atoms with Crippen LogP contribution in [0.15, 0.2) is 29.9 Å². The molecule has 96 valence electrons. The summed E-state index contributed by atoms with van der Waals surface area (Å²) in [6.07, 6.45) is 2.51. The average molecular weight is 283 g/mol. The zero-order valence-corrected chi connectivity index (χ0v) is 11.7. The molecule has 0 aliphatic heterocycles. The van der Waals surface area contributed by atoms with Crippen molar-refractivity contribution in [2.75, 3.05) is 0 Å². The van der Waals surface area contributed by atoms with E-state index in [2.05, 4.69) is 4.98 Å². The van der Waals surface area contributed by atoms with Crippen molar-refractivity contribution in [3.05, 3.63) is 45.4 Å². The Balaban J connectivity index is 2.13. The van der Waals surface area contributed by atoms with Gasteiger partial charge in [-0.3, -0.25) is 4.98 Å². The Hall–Kier alpha value is -1.10. The fourth-order valence-corrected chi connectivity index (χ4v) is 2.41. The van der Waals surface area contributed by atoms with Gasteiger partial charge in [-0.2, -0.15) is 0 Å². The summed E-state index contributed by atoms with van der Waals surface area (Å²) >= 11 is 7.76. The van der Waals surface area contributed by atoms with Gasteiger partial charge in [-0.25, -0.2) is 0 Å². The highest BCUT2D eigenvalue weighted by Crippen LogP contribution is 2.28. The molecular formula is C13H15ClN2OS. The van der Waals surface area contributed by atoms with E-state index in [4.69, 9.17) is 22.1 Å². The molecule has 2 rings (SSSR count). The van der Waals surface area contributed by atoms with E-state index in [1.165, 1.54) is 0 Å². The van der Waals surface area contributed by atoms with Crippen molar-refractivity contribution in [1.82, 2.24) is 4.98 Å². The largest absolute Gasteiger partial charge is 0.488 e.